The van der Waals surface area contributed by atoms with Crippen molar-refractivity contribution in [2.75, 3.05) is 54.0 Å². The number of nitrogens with zero attached hydrogens (tertiary/aromatic N) is 4. The van der Waals surface area contributed by atoms with E-state index in [0.717, 1.165) is 18.8 Å². The molecule has 30 heavy (non-hydrogen) atoms. The number of hydrogen-bond acceptors (Lipinski definition) is 6. The van der Waals surface area contributed by atoms with Gasteiger partial charge in [-0.05, 0) is 30.3 Å². The van der Waals surface area contributed by atoms with Gasteiger partial charge in [-0.1, -0.05) is 0 Å². The van der Waals surface area contributed by atoms with Crippen LogP contribution in [0.1, 0.15) is 6.92 Å². The molecule has 2 aliphatic heterocycles. The van der Waals surface area contributed by atoms with Crippen molar-refractivity contribution < 1.29 is 18.7 Å². The van der Waals surface area contributed by atoms with Crippen LogP contribution in [0.4, 0.5) is 26.2 Å². The maximum absolute atomic E-state index is 14.9. The average molecular weight is 413 g/mol. The molecule has 158 valence electrons. The lowest BCUT2D eigenvalue weighted by atomic mass is 10.2. The Labute approximate surface area is 174 Å². The van der Waals surface area contributed by atoms with Crippen molar-refractivity contribution in [1.29, 1.82) is 0 Å². The van der Waals surface area contributed by atoms with Gasteiger partial charge in [0.15, 0.2) is 0 Å². The zero-order valence-electron chi connectivity index (χ0n) is 16.8. The fraction of sp³-hybridized carbons (Fsp3) is 0.381. The van der Waals surface area contributed by atoms with E-state index in [9.17, 15) is 14.0 Å². The Morgan fingerprint density at radius 1 is 1.13 bits per heavy atom. The number of amides is 2. The second-order valence-electron chi connectivity index (χ2n) is 7.37. The van der Waals surface area contributed by atoms with Crippen LogP contribution in [0, 0.1) is 5.82 Å². The number of halogens is 1. The number of ether oxygens (including phenoxy) is 1. The van der Waals surface area contributed by atoms with Gasteiger partial charge in [0.2, 0.25) is 5.91 Å². The first kappa shape index (κ1) is 19.9. The van der Waals surface area contributed by atoms with Crippen molar-refractivity contribution in [1.82, 2.24) is 10.3 Å². The summed E-state index contributed by atoms with van der Waals surface area (Å²) in [4.78, 5) is 32.9. The summed E-state index contributed by atoms with van der Waals surface area (Å²) < 4.78 is 20.1. The minimum atomic E-state index is -0.538. The zero-order chi connectivity index (χ0) is 21.1. The summed E-state index contributed by atoms with van der Waals surface area (Å²) in [7, 11) is 0. The maximum atomic E-state index is 14.9. The third-order valence-electron chi connectivity index (χ3n) is 5.34. The number of anilines is 3. The van der Waals surface area contributed by atoms with Crippen LogP contribution in [0.25, 0.3) is 0 Å². The van der Waals surface area contributed by atoms with Gasteiger partial charge in [-0.2, -0.15) is 0 Å². The lowest BCUT2D eigenvalue weighted by Crippen LogP contribution is -2.46. The monoisotopic (exact) mass is 413 g/mol. The van der Waals surface area contributed by atoms with E-state index in [0.29, 0.717) is 24.5 Å². The average Bonchev–Trinajstić information content (AvgIpc) is 3.13. The van der Waals surface area contributed by atoms with Crippen LogP contribution in [-0.4, -0.2) is 62.4 Å². The number of carbonyl (C=O) groups is 2. The first-order valence-corrected chi connectivity index (χ1v) is 9.93. The smallest absolute Gasteiger partial charge is 0.414 e. The molecule has 1 aromatic heterocycles. The molecule has 0 bridgehead atoms. The minimum absolute atomic E-state index is 0.191. The third-order valence-corrected chi connectivity index (χ3v) is 5.34. The molecule has 0 spiro atoms. The molecule has 2 amide bonds. The molecule has 1 atom stereocenters. The number of rotatable bonds is 5. The predicted molar refractivity (Wildman–Crippen MR) is 111 cm³/mol. The van der Waals surface area contributed by atoms with Crippen molar-refractivity contribution in [2.24, 2.45) is 0 Å². The van der Waals surface area contributed by atoms with Crippen molar-refractivity contribution in [3.05, 3.63) is 48.5 Å². The largest absolute Gasteiger partial charge is 0.442 e. The SMILES string of the molecule is CC(=O)NCC1CN(c2ccc(N3CCN(c4ccncc4)CC3)c(F)c2)C(=O)O1. The molecule has 0 saturated carbocycles. The van der Waals surface area contributed by atoms with Gasteiger partial charge in [-0.15, -0.1) is 0 Å². The molecule has 3 heterocycles. The number of aromatic nitrogens is 1. The van der Waals surface area contributed by atoms with Crippen molar-refractivity contribution >= 4 is 29.1 Å². The molecule has 0 aliphatic carbocycles. The molecule has 2 fully saturated rings. The first-order chi connectivity index (χ1) is 14.5. The van der Waals surface area contributed by atoms with Crippen LogP contribution in [-0.2, 0) is 9.53 Å². The zero-order valence-corrected chi connectivity index (χ0v) is 16.8. The summed E-state index contributed by atoms with van der Waals surface area (Å²) in [6.45, 7) is 4.87. The normalized spacial score (nSPS) is 19.1. The second-order valence-corrected chi connectivity index (χ2v) is 7.37. The quantitative estimate of drug-likeness (QED) is 0.808. The highest BCUT2D eigenvalue weighted by atomic mass is 19.1. The van der Waals surface area contributed by atoms with E-state index in [1.807, 2.05) is 17.0 Å². The Bertz CT molecular complexity index is 918. The fourth-order valence-corrected chi connectivity index (χ4v) is 3.78. The topological polar surface area (TPSA) is 78.0 Å². The molecule has 1 unspecified atom stereocenters. The van der Waals surface area contributed by atoms with Gasteiger partial charge >= 0.3 is 6.09 Å². The van der Waals surface area contributed by atoms with E-state index < -0.39 is 12.2 Å². The lowest BCUT2D eigenvalue weighted by Gasteiger charge is -2.37. The van der Waals surface area contributed by atoms with E-state index in [1.54, 1.807) is 24.5 Å². The number of hydrogen-bond donors (Lipinski definition) is 1. The van der Waals surface area contributed by atoms with Crippen LogP contribution in [0.15, 0.2) is 42.7 Å². The van der Waals surface area contributed by atoms with E-state index in [1.165, 1.54) is 17.9 Å². The van der Waals surface area contributed by atoms with E-state index in [2.05, 4.69) is 15.2 Å². The Morgan fingerprint density at radius 3 is 2.50 bits per heavy atom. The Hall–Kier alpha value is -3.36. The molecular weight excluding hydrogens is 389 g/mol. The van der Waals surface area contributed by atoms with Gasteiger partial charge in [-0.25, -0.2) is 9.18 Å². The van der Waals surface area contributed by atoms with Crippen LogP contribution < -0.4 is 20.0 Å². The highest BCUT2D eigenvalue weighted by Crippen LogP contribution is 2.29. The molecule has 1 aromatic carbocycles. The third kappa shape index (κ3) is 4.29. The number of cyclic esters (lactones) is 1. The fourth-order valence-electron chi connectivity index (χ4n) is 3.78. The number of pyridine rings is 1. The van der Waals surface area contributed by atoms with Crippen molar-refractivity contribution in [3.8, 4) is 0 Å². The van der Waals surface area contributed by atoms with E-state index in [-0.39, 0.29) is 24.8 Å². The Morgan fingerprint density at radius 2 is 1.83 bits per heavy atom. The number of piperazine rings is 1. The highest BCUT2D eigenvalue weighted by Gasteiger charge is 2.33. The Balaban J connectivity index is 1.39. The van der Waals surface area contributed by atoms with Gasteiger partial charge < -0.3 is 19.9 Å². The van der Waals surface area contributed by atoms with Gasteiger partial charge in [-0.3, -0.25) is 14.7 Å². The molecule has 2 aromatic rings. The second kappa shape index (κ2) is 8.56. The lowest BCUT2D eigenvalue weighted by molar-refractivity contribution is -0.119. The highest BCUT2D eigenvalue weighted by molar-refractivity contribution is 5.90. The number of benzene rings is 1. The number of nitrogens with one attached hydrogen (secondary N) is 1. The summed E-state index contributed by atoms with van der Waals surface area (Å²) in [5, 5.41) is 2.63. The summed E-state index contributed by atoms with van der Waals surface area (Å²) >= 11 is 0. The van der Waals surface area contributed by atoms with E-state index in [4.69, 9.17) is 4.74 Å². The standard InChI is InChI=1S/C21H24FN5O3/c1-15(28)24-13-18-14-27(21(29)30-18)17-2-3-20(19(22)12-17)26-10-8-25(9-11-26)16-4-6-23-7-5-16/h2-7,12,18H,8-11,13-14H2,1H3,(H,24,28). The molecule has 8 nitrogen and oxygen atoms in total. The summed E-state index contributed by atoms with van der Waals surface area (Å²) in [5.41, 5.74) is 2.08. The van der Waals surface area contributed by atoms with Crippen LogP contribution >= 0.6 is 0 Å². The van der Waals surface area contributed by atoms with Crippen molar-refractivity contribution in [3.63, 3.8) is 0 Å². The van der Waals surface area contributed by atoms with Gasteiger partial charge in [0.1, 0.15) is 11.9 Å². The molecular formula is C21H24FN5O3. The summed E-state index contributed by atoms with van der Waals surface area (Å²) in [6, 6.07) is 8.75. The number of carbonyl (C=O) groups excluding carboxylic acids is 2. The van der Waals surface area contributed by atoms with Crippen LogP contribution in [0.2, 0.25) is 0 Å². The van der Waals surface area contributed by atoms with Crippen LogP contribution in [0.5, 0.6) is 0 Å². The van der Waals surface area contributed by atoms with Gasteiger partial charge in [0, 0.05) is 51.2 Å². The van der Waals surface area contributed by atoms with Crippen LogP contribution in [0.3, 0.4) is 0 Å². The summed E-state index contributed by atoms with van der Waals surface area (Å²) in [6.07, 6.45) is 2.54. The van der Waals surface area contributed by atoms with Gasteiger partial charge in [0.05, 0.1) is 24.5 Å². The first-order valence-electron chi connectivity index (χ1n) is 9.93. The molecule has 0 radical (unpaired) electrons. The Kier molecular flexibility index (Phi) is 5.69. The maximum Gasteiger partial charge on any atom is 0.414 e. The molecule has 1 N–H and O–H groups in total. The minimum Gasteiger partial charge on any atom is -0.442 e. The predicted octanol–water partition coefficient (Wildman–Crippen LogP) is 2.01. The summed E-state index contributed by atoms with van der Waals surface area (Å²) in [5.74, 6) is -0.563. The van der Waals surface area contributed by atoms with E-state index >= 15 is 0 Å². The molecule has 2 aliphatic rings. The van der Waals surface area contributed by atoms with Crippen molar-refractivity contribution in [2.45, 2.75) is 13.0 Å². The molecule has 9 heteroatoms. The van der Waals surface area contributed by atoms with Gasteiger partial charge in [0.25, 0.3) is 0 Å². The molecule has 4 rings (SSSR count). The molecule has 2 saturated heterocycles.